The fourth-order valence-corrected chi connectivity index (χ4v) is 4.42. The van der Waals surface area contributed by atoms with Crippen molar-refractivity contribution in [3.05, 3.63) is 54.6 Å². The molecular formula is C17H14O2S. The number of hydrogen-bond donors (Lipinski definition) is 0. The summed E-state index contributed by atoms with van der Waals surface area (Å²) < 4.78 is 5.57. The van der Waals surface area contributed by atoms with E-state index in [4.69, 9.17) is 4.74 Å². The highest BCUT2D eigenvalue weighted by Gasteiger charge is 2.41. The summed E-state index contributed by atoms with van der Waals surface area (Å²) in [6, 6.07) is 13.9. The third-order valence-corrected chi connectivity index (χ3v) is 5.47. The first-order valence-electron chi connectivity index (χ1n) is 6.84. The Kier molecular flexibility index (Phi) is 2.81. The van der Waals surface area contributed by atoms with E-state index in [1.54, 1.807) is 0 Å². The van der Waals surface area contributed by atoms with Crippen LogP contribution in [0.2, 0.25) is 0 Å². The highest BCUT2D eigenvalue weighted by Crippen LogP contribution is 2.45. The SMILES string of the molecule is O=C(Oc1ccc2ccccc2c1)C1CC2C=CC1S2. The predicted octanol–water partition coefficient (Wildman–Crippen LogP) is 3.81. The number of rotatable bonds is 2. The molecule has 1 saturated heterocycles. The first-order chi connectivity index (χ1) is 9.79. The van der Waals surface area contributed by atoms with E-state index < -0.39 is 0 Å². The van der Waals surface area contributed by atoms with Crippen LogP contribution in [0, 0.1) is 5.92 Å². The Morgan fingerprint density at radius 3 is 2.70 bits per heavy atom. The van der Waals surface area contributed by atoms with E-state index in [0.29, 0.717) is 16.2 Å². The highest BCUT2D eigenvalue weighted by atomic mass is 32.2. The van der Waals surface area contributed by atoms with Gasteiger partial charge in [0.05, 0.1) is 5.92 Å². The van der Waals surface area contributed by atoms with E-state index in [0.717, 1.165) is 17.2 Å². The van der Waals surface area contributed by atoms with Crippen molar-refractivity contribution >= 4 is 28.5 Å². The molecule has 0 aromatic heterocycles. The normalized spacial score (nSPS) is 27.1. The standard InChI is InChI=1S/C17H14O2S/c18-17(15-10-14-7-8-16(15)20-14)19-13-6-5-11-3-1-2-4-12(11)9-13/h1-9,14-16H,10H2. The van der Waals surface area contributed by atoms with Crippen LogP contribution in [-0.2, 0) is 4.79 Å². The summed E-state index contributed by atoms with van der Waals surface area (Å²) in [6.07, 6.45) is 5.26. The topological polar surface area (TPSA) is 26.3 Å². The van der Waals surface area contributed by atoms with Crippen LogP contribution in [0.3, 0.4) is 0 Å². The third kappa shape index (κ3) is 2.02. The van der Waals surface area contributed by atoms with Gasteiger partial charge in [0.25, 0.3) is 0 Å². The van der Waals surface area contributed by atoms with Gasteiger partial charge >= 0.3 is 5.97 Å². The summed E-state index contributed by atoms with van der Waals surface area (Å²) in [5.41, 5.74) is 0. The van der Waals surface area contributed by atoms with E-state index in [1.165, 1.54) is 0 Å². The highest BCUT2D eigenvalue weighted by molar-refractivity contribution is 8.01. The largest absolute Gasteiger partial charge is 0.426 e. The lowest BCUT2D eigenvalue weighted by Crippen LogP contribution is -2.26. The quantitative estimate of drug-likeness (QED) is 0.476. The van der Waals surface area contributed by atoms with Gasteiger partial charge in [-0.05, 0) is 29.3 Å². The molecule has 2 heterocycles. The Balaban J connectivity index is 1.55. The Labute approximate surface area is 121 Å². The Bertz CT molecular complexity index is 707. The predicted molar refractivity (Wildman–Crippen MR) is 82.0 cm³/mol. The van der Waals surface area contributed by atoms with Crippen molar-refractivity contribution < 1.29 is 9.53 Å². The van der Waals surface area contributed by atoms with E-state index in [2.05, 4.69) is 18.2 Å². The van der Waals surface area contributed by atoms with Crippen LogP contribution in [0.15, 0.2) is 54.6 Å². The van der Waals surface area contributed by atoms with Gasteiger partial charge in [-0.2, -0.15) is 0 Å². The zero-order valence-corrected chi connectivity index (χ0v) is 11.7. The molecule has 0 radical (unpaired) electrons. The van der Waals surface area contributed by atoms with E-state index in [-0.39, 0.29) is 11.9 Å². The molecule has 3 heteroatoms. The molecule has 1 fully saturated rings. The zero-order chi connectivity index (χ0) is 13.5. The molecule has 2 aromatic rings. The summed E-state index contributed by atoms with van der Waals surface area (Å²) in [4.78, 5) is 12.3. The minimum Gasteiger partial charge on any atom is -0.426 e. The van der Waals surface area contributed by atoms with E-state index in [9.17, 15) is 4.79 Å². The number of fused-ring (bicyclic) bond motifs is 3. The van der Waals surface area contributed by atoms with Crippen molar-refractivity contribution in [2.24, 2.45) is 5.92 Å². The third-order valence-electron chi connectivity index (χ3n) is 3.97. The van der Waals surface area contributed by atoms with Gasteiger partial charge in [-0.25, -0.2) is 0 Å². The van der Waals surface area contributed by atoms with Gasteiger partial charge in [-0.1, -0.05) is 42.5 Å². The maximum absolute atomic E-state index is 12.3. The average molecular weight is 282 g/mol. The van der Waals surface area contributed by atoms with E-state index >= 15 is 0 Å². The molecule has 3 atom stereocenters. The molecule has 2 nitrogen and oxygen atoms in total. The van der Waals surface area contributed by atoms with Gasteiger partial charge < -0.3 is 4.74 Å². The molecule has 3 unspecified atom stereocenters. The summed E-state index contributed by atoms with van der Waals surface area (Å²) in [5.74, 6) is 0.566. The van der Waals surface area contributed by atoms with Gasteiger partial charge in [-0.15, -0.1) is 11.8 Å². The Morgan fingerprint density at radius 2 is 1.95 bits per heavy atom. The molecule has 2 aliphatic rings. The first kappa shape index (κ1) is 12.0. The molecule has 4 rings (SSSR count). The monoisotopic (exact) mass is 282 g/mol. The van der Waals surface area contributed by atoms with Crippen LogP contribution in [0.1, 0.15) is 6.42 Å². The summed E-state index contributed by atoms with van der Waals surface area (Å²) >= 11 is 1.87. The van der Waals surface area contributed by atoms with Crippen molar-refractivity contribution in [3.63, 3.8) is 0 Å². The van der Waals surface area contributed by atoms with Crippen molar-refractivity contribution in [2.75, 3.05) is 0 Å². The van der Waals surface area contributed by atoms with Gasteiger partial charge in [-0.3, -0.25) is 4.79 Å². The molecule has 2 aliphatic heterocycles. The molecule has 100 valence electrons. The molecule has 0 spiro atoms. The number of hydrogen-bond acceptors (Lipinski definition) is 3. The average Bonchev–Trinajstić information content (AvgIpc) is 3.10. The van der Waals surface area contributed by atoms with E-state index in [1.807, 2.05) is 48.2 Å². The van der Waals surface area contributed by atoms with Crippen LogP contribution in [-0.4, -0.2) is 16.5 Å². The van der Waals surface area contributed by atoms with Crippen molar-refractivity contribution in [2.45, 2.75) is 16.9 Å². The summed E-state index contributed by atoms with van der Waals surface area (Å²) in [6.45, 7) is 0. The van der Waals surface area contributed by atoms with Gasteiger partial charge in [0.1, 0.15) is 5.75 Å². The second-order valence-corrected chi connectivity index (χ2v) is 6.72. The molecule has 2 bridgehead atoms. The second kappa shape index (κ2) is 4.67. The lowest BCUT2D eigenvalue weighted by Gasteiger charge is -2.15. The maximum atomic E-state index is 12.3. The molecule has 20 heavy (non-hydrogen) atoms. The maximum Gasteiger partial charge on any atom is 0.315 e. The molecule has 0 saturated carbocycles. The molecular weight excluding hydrogens is 268 g/mol. The van der Waals surface area contributed by atoms with Gasteiger partial charge in [0.2, 0.25) is 0 Å². The van der Waals surface area contributed by atoms with Crippen molar-refractivity contribution in [1.82, 2.24) is 0 Å². The summed E-state index contributed by atoms with van der Waals surface area (Å²) in [7, 11) is 0. The van der Waals surface area contributed by atoms with Crippen LogP contribution >= 0.6 is 11.8 Å². The second-order valence-electron chi connectivity index (χ2n) is 5.30. The lowest BCUT2D eigenvalue weighted by atomic mass is 9.95. The number of ether oxygens (including phenoxy) is 1. The number of carbonyl (C=O) groups is 1. The number of benzene rings is 2. The molecule has 2 aromatic carbocycles. The minimum absolute atomic E-state index is 0.0153. The fourth-order valence-electron chi connectivity index (χ4n) is 2.93. The van der Waals surface area contributed by atoms with Gasteiger partial charge in [0.15, 0.2) is 0 Å². The Morgan fingerprint density at radius 1 is 1.10 bits per heavy atom. The number of carbonyl (C=O) groups excluding carboxylic acids is 1. The smallest absolute Gasteiger partial charge is 0.315 e. The molecule has 0 amide bonds. The van der Waals surface area contributed by atoms with Gasteiger partial charge in [0, 0.05) is 10.5 Å². The van der Waals surface area contributed by atoms with Crippen LogP contribution < -0.4 is 4.74 Å². The fraction of sp³-hybridized carbons (Fsp3) is 0.235. The zero-order valence-electron chi connectivity index (χ0n) is 10.9. The van der Waals surface area contributed by atoms with Crippen molar-refractivity contribution in [3.8, 4) is 5.75 Å². The number of thioether (sulfide) groups is 1. The summed E-state index contributed by atoms with van der Waals surface area (Å²) in [5, 5.41) is 3.08. The minimum atomic E-state index is -0.0929. The van der Waals surface area contributed by atoms with Crippen LogP contribution in [0.4, 0.5) is 0 Å². The van der Waals surface area contributed by atoms with Crippen LogP contribution in [0.25, 0.3) is 10.8 Å². The van der Waals surface area contributed by atoms with Crippen LogP contribution in [0.5, 0.6) is 5.75 Å². The number of esters is 1. The van der Waals surface area contributed by atoms with Crippen molar-refractivity contribution in [1.29, 1.82) is 0 Å². The molecule has 0 aliphatic carbocycles. The molecule has 0 N–H and O–H groups in total. The first-order valence-corrected chi connectivity index (χ1v) is 7.78. The Hall–Kier alpha value is -1.74. The lowest BCUT2D eigenvalue weighted by molar-refractivity contribution is -0.138.